The van der Waals surface area contributed by atoms with E-state index in [1.54, 1.807) is 11.8 Å². The molecular weight excluding hydrogens is 567 g/mol. The van der Waals surface area contributed by atoms with Crippen LogP contribution in [0.5, 0.6) is 0 Å². The van der Waals surface area contributed by atoms with Crippen molar-refractivity contribution in [2.45, 2.75) is 68.7 Å². The van der Waals surface area contributed by atoms with E-state index >= 15 is 0 Å². The molecule has 0 saturated heterocycles. The zero-order valence-corrected chi connectivity index (χ0v) is 26.9. The Morgan fingerprint density at radius 3 is 1.64 bits per heavy atom. The average molecular weight is 612 g/mol. The molecule has 232 valence electrons. The quantitative estimate of drug-likeness (QED) is 0.0769. The number of nitrogens with one attached hydrogen (secondary N) is 3. The molecule has 2 atom stereocenters. The van der Waals surface area contributed by atoms with Crippen LogP contribution < -0.4 is 16.0 Å². The Kier molecular flexibility index (Phi) is 11.4. The number of thioether (sulfide) groups is 1. The first-order valence-corrected chi connectivity index (χ1v) is 17.0. The summed E-state index contributed by atoms with van der Waals surface area (Å²) in [6, 6.07) is 25.9. The van der Waals surface area contributed by atoms with Crippen molar-refractivity contribution in [2.24, 2.45) is 0 Å². The van der Waals surface area contributed by atoms with Crippen LogP contribution in [0.1, 0.15) is 86.2 Å². The van der Waals surface area contributed by atoms with Gasteiger partial charge in [-0.05, 0) is 36.5 Å². The van der Waals surface area contributed by atoms with Crippen LogP contribution in [0.4, 0.5) is 17.7 Å². The third kappa shape index (κ3) is 7.50. The molecule has 1 saturated carbocycles. The molecule has 2 aromatic carbocycles. The molecule has 44 heavy (non-hydrogen) atoms. The van der Waals surface area contributed by atoms with E-state index in [1.165, 1.54) is 11.1 Å². The maximum Gasteiger partial charge on any atom is 0.224 e. The second-order valence-electron chi connectivity index (χ2n) is 11.2. The van der Waals surface area contributed by atoms with E-state index < -0.39 is 0 Å². The normalized spacial score (nSPS) is 19.3. The maximum atomic E-state index is 9.57. The highest BCUT2D eigenvalue weighted by Gasteiger charge is 2.54. The van der Waals surface area contributed by atoms with E-state index in [2.05, 4.69) is 110 Å². The Morgan fingerprint density at radius 1 is 0.614 bits per heavy atom. The molecule has 2 heterocycles. The zero-order chi connectivity index (χ0) is 30.7. The highest BCUT2D eigenvalue weighted by Crippen LogP contribution is 2.66. The molecule has 0 radical (unpaired) electrons. The van der Waals surface area contributed by atoms with E-state index in [0.717, 1.165) is 61.1 Å². The largest absolute Gasteiger partial charge is 0.396 e. The number of hydrogen-bond donors (Lipinski definition) is 4. The van der Waals surface area contributed by atoms with Gasteiger partial charge in [0, 0.05) is 55.1 Å². The van der Waals surface area contributed by atoms with Crippen molar-refractivity contribution in [1.29, 1.82) is 0 Å². The Morgan fingerprint density at radius 2 is 1.11 bits per heavy atom. The van der Waals surface area contributed by atoms with Gasteiger partial charge < -0.3 is 21.1 Å². The summed E-state index contributed by atoms with van der Waals surface area (Å²) in [6.07, 6.45) is 2.99. The van der Waals surface area contributed by atoms with Gasteiger partial charge in [-0.25, -0.2) is 15.0 Å². The number of aromatic nitrogens is 4. The molecule has 5 rings (SSSR count). The topological polar surface area (TPSA) is 108 Å². The first kappa shape index (κ1) is 31.7. The molecule has 8 nitrogen and oxygen atoms in total. The molecule has 4 N–H and O–H groups in total. The van der Waals surface area contributed by atoms with Crippen LogP contribution >= 0.6 is 11.8 Å². The summed E-state index contributed by atoms with van der Waals surface area (Å²) in [5, 5.41) is 20.8. The van der Waals surface area contributed by atoms with Crippen molar-refractivity contribution in [2.75, 3.05) is 47.9 Å². The van der Waals surface area contributed by atoms with E-state index in [-0.39, 0.29) is 30.3 Å². The first-order chi connectivity index (χ1) is 21.7. The van der Waals surface area contributed by atoms with Crippen molar-refractivity contribution in [3.05, 3.63) is 95.3 Å². The summed E-state index contributed by atoms with van der Waals surface area (Å²) < 4.78 is 0. The van der Waals surface area contributed by atoms with Crippen LogP contribution in [0.25, 0.3) is 0 Å². The Labute approximate surface area is 266 Å². The van der Waals surface area contributed by atoms with Crippen LogP contribution in [0, 0.1) is 0 Å². The highest BCUT2D eigenvalue weighted by molar-refractivity contribution is 7.99. The van der Waals surface area contributed by atoms with Gasteiger partial charge in [0.15, 0.2) is 0 Å². The van der Waals surface area contributed by atoms with Crippen LogP contribution in [-0.4, -0.2) is 57.0 Å². The van der Waals surface area contributed by atoms with Gasteiger partial charge in [-0.2, -0.15) is 4.98 Å². The van der Waals surface area contributed by atoms with Crippen molar-refractivity contribution in [3.63, 3.8) is 0 Å². The fraction of sp³-hybridized carbons (Fsp3) is 0.429. The Bertz CT molecular complexity index is 1280. The Balaban J connectivity index is 1.67. The standard InChI is InChI=1S/C35H45N7OS/c1-4-17-36-28-22-26(39-34(41-28)37-18-5-2)32-30(24-13-9-7-10-14-24)33(31(32)25-15-11-8-12-16-25)27-23-29(44-21-20-43)42-35(40-27)38-19-6-3/h7-16,22-23,30-33,43H,4-6,17-21H2,1-3H3,(H,38,40,42)(H2,36,37,39,41). The minimum absolute atomic E-state index is 0.0949. The van der Waals surface area contributed by atoms with E-state index in [0.29, 0.717) is 17.6 Å². The lowest BCUT2D eigenvalue weighted by atomic mass is 9.50. The van der Waals surface area contributed by atoms with E-state index in [9.17, 15) is 5.11 Å². The summed E-state index contributed by atoms with van der Waals surface area (Å²) in [4.78, 5) is 19.9. The van der Waals surface area contributed by atoms with Gasteiger partial charge in [0.05, 0.1) is 18.0 Å². The van der Waals surface area contributed by atoms with Gasteiger partial charge in [0.1, 0.15) is 10.8 Å². The van der Waals surface area contributed by atoms with Crippen LogP contribution in [0.3, 0.4) is 0 Å². The molecule has 9 heteroatoms. The SMILES string of the molecule is CCCNc1cc(C2C(c3ccccc3)C(c3cc(SCCO)nc(NCCC)n3)C2c2ccccc2)nc(NCCC)n1. The summed E-state index contributed by atoms with van der Waals surface area (Å²) in [6.45, 7) is 9.02. The lowest BCUT2D eigenvalue weighted by Gasteiger charge is -2.52. The van der Waals surface area contributed by atoms with Crippen LogP contribution in [0.2, 0.25) is 0 Å². The average Bonchev–Trinajstić information content (AvgIpc) is 3.05. The third-order valence-electron chi connectivity index (χ3n) is 8.03. The number of benzene rings is 2. The van der Waals surface area contributed by atoms with Gasteiger partial charge in [-0.15, -0.1) is 11.8 Å². The molecule has 0 spiro atoms. The molecule has 0 bridgehead atoms. The van der Waals surface area contributed by atoms with Crippen molar-refractivity contribution in [3.8, 4) is 0 Å². The lowest BCUT2D eigenvalue weighted by molar-refractivity contribution is 0.220. The molecule has 1 aliphatic carbocycles. The summed E-state index contributed by atoms with van der Waals surface area (Å²) in [5.41, 5.74) is 4.58. The monoisotopic (exact) mass is 611 g/mol. The number of nitrogens with zero attached hydrogens (tertiary/aromatic N) is 4. The highest BCUT2D eigenvalue weighted by atomic mass is 32.2. The predicted octanol–water partition coefficient (Wildman–Crippen LogP) is 7.27. The van der Waals surface area contributed by atoms with Gasteiger partial charge in [0.25, 0.3) is 0 Å². The molecule has 4 aromatic rings. The molecule has 1 aliphatic rings. The summed E-state index contributed by atoms with van der Waals surface area (Å²) in [7, 11) is 0. The van der Waals surface area contributed by atoms with Crippen molar-refractivity contribution >= 4 is 29.5 Å². The number of hydrogen-bond acceptors (Lipinski definition) is 9. The summed E-state index contributed by atoms with van der Waals surface area (Å²) >= 11 is 1.57. The minimum Gasteiger partial charge on any atom is -0.396 e. The second kappa shape index (κ2) is 15.9. The number of anilines is 3. The Hall–Kier alpha value is -3.69. The molecule has 1 fully saturated rings. The smallest absolute Gasteiger partial charge is 0.224 e. The van der Waals surface area contributed by atoms with Crippen molar-refractivity contribution in [1.82, 2.24) is 19.9 Å². The fourth-order valence-corrected chi connectivity index (χ4v) is 6.77. The molecule has 2 aromatic heterocycles. The summed E-state index contributed by atoms with van der Waals surface area (Å²) in [5.74, 6) is 3.23. The van der Waals surface area contributed by atoms with Gasteiger partial charge in [0.2, 0.25) is 11.9 Å². The predicted molar refractivity (Wildman–Crippen MR) is 182 cm³/mol. The number of aliphatic hydroxyl groups excluding tert-OH is 1. The number of rotatable bonds is 16. The maximum absolute atomic E-state index is 9.57. The van der Waals surface area contributed by atoms with Crippen LogP contribution in [0.15, 0.2) is 77.8 Å². The van der Waals surface area contributed by atoms with E-state index in [1.807, 2.05) is 0 Å². The van der Waals surface area contributed by atoms with Gasteiger partial charge in [-0.1, -0.05) is 81.4 Å². The molecule has 0 aliphatic heterocycles. The van der Waals surface area contributed by atoms with Crippen molar-refractivity contribution < 1.29 is 5.11 Å². The van der Waals surface area contributed by atoms with Crippen LogP contribution in [-0.2, 0) is 0 Å². The van der Waals surface area contributed by atoms with Gasteiger partial charge >= 0.3 is 0 Å². The lowest BCUT2D eigenvalue weighted by Crippen LogP contribution is -2.41. The van der Waals surface area contributed by atoms with E-state index in [4.69, 9.17) is 19.9 Å². The minimum atomic E-state index is 0.0949. The fourth-order valence-electron chi connectivity index (χ4n) is 6.11. The molecular formula is C35H45N7OS. The third-order valence-corrected chi connectivity index (χ3v) is 8.92. The van der Waals surface area contributed by atoms with Gasteiger partial charge in [-0.3, -0.25) is 0 Å². The zero-order valence-electron chi connectivity index (χ0n) is 26.0. The molecule has 2 unspecified atom stereocenters. The first-order valence-electron chi connectivity index (χ1n) is 16.0. The second-order valence-corrected chi connectivity index (χ2v) is 12.3. The molecule has 0 amide bonds. The number of aliphatic hydroxyl groups is 1.